The number of hydrogen-bond acceptors (Lipinski definition) is 5. The Kier molecular flexibility index (Phi) is 4.99. The van der Waals surface area contributed by atoms with Gasteiger partial charge >= 0.3 is 5.97 Å². The molecule has 134 valence electrons. The van der Waals surface area contributed by atoms with Crippen molar-refractivity contribution >= 4 is 32.9 Å². The van der Waals surface area contributed by atoms with Crippen molar-refractivity contribution in [3.8, 4) is 0 Å². The van der Waals surface area contributed by atoms with Crippen LogP contribution in [0, 0.1) is 13.8 Å². The summed E-state index contributed by atoms with van der Waals surface area (Å²) in [6.45, 7) is 3.73. The van der Waals surface area contributed by atoms with Crippen molar-refractivity contribution in [2.24, 2.45) is 0 Å². The van der Waals surface area contributed by atoms with E-state index in [4.69, 9.17) is 4.74 Å². The van der Waals surface area contributed by atoms with Gasteiger partial charge in [0, 0.05) is 22.7 Å². The van der Waals surface area contributed by atoms with Crippen LogP contribution in [0.3, 0.4) is 0 Å². The van der Waals surface area contributed by atoms with Crippen LogP contribution in [-0.4, -0.2) is 32.0 Å². The molecule has 0 N–H and O–H groups in total. The van der Waals surface area contributed by atoms with E-state index in [1.54, 1.807) is 29.0 Å². The second-order valence-corrected chi connectivity index (χ2v) is 7.44. The molecule has 0 bridgehead atoms. The van der Waals surface area contributed by atoms with Crippen molar-refractivity contribution in [3.63, 3.8) is 0 Å². The van der Waals surface area contributed by atoms with Gasteiger partial charge in [-0.25, -0.2) is 14.0 Å². The number of esters is 1. The van der Waals surface area contributed by atoms with Crippen molar-refractivity contribution < 1.29 is 18.5 Å². The molecule has 2 heterocycles. The first kappa shape index (κ1) is 18.0. The van der Waals surface area contributed by atoms with Crippen LogP contribution in [0.4, 0.5) is 0 Å². The van der Waals surface area contributed by atoms with E-state index in [2.05, 4.69) is 4.98 Å². The highest BCUT2D eigenvalue weighted by molar-refractivity contribution is 8.00. The largest absolute Gasteiger partial charge is 0.465 e. The molecule has 0 radical (unpaired) electrons. The van der Waals surface area contributed by atoms with Gasteiger partial charge in [-0.05, 0) is 37.6 Å². The van der Waals surface area contributed by atoms with Crippen molar-refractivity contribution in [2.45, 2.75) is 25.3 Å². The van der Waals surface area contributed by atoms with Gasteiger partial charge in [0.1, 0.15) is 16.4 Å². The molecular formula is C19H18N2O4S. The topological polar surface area (TPSA) is 78.3 Å². The van der Waals surface area contributed by atoms with Crippen LogP contribution in [0.5, 0.6) is 0 Å². The molecule has 0 fully saturated rings. The molecule has 7 heteroatoms. The van der Waals surface area contributed by atoms with Crippen LogP contribution in [0.1, 0.15) is 21.5 Å². The minimum absolute atomic E-state index is 0.0601. The third kappa shape index (κ3) is 3.43. The Morgan fingerprint density at radius 1 is 1.19 bits per heavy atom. The number of methoxy groups -OCH3 is 1. The quantitative estimate of drug-likeness (QED) is 0.660. The van der Waals surface area contributed by atoms with E-state index in [0.717, 1.165) is 16.5 Å². The third-order valence-electron chi connectivity index (χ3n) is 4.08. The fourth-order valence-electron chi connectivity index (χ4n) is 2.68. The lowest BCUT2D eigenvalue weighted by Gasteiger charge is -2.05. The molecule has 26 heavy (non-hydrogen) atoms. The first-order valence-electron chi connectivity index (χ1n) is 7.95. The lowest BCUT2D eigenvalue weighted by Crippen LogP contribution is -2.15. The minimum Gasteiger partial charge on any atom is -0.465 e. The molecule has 2 aromatic heterocycles. The number of aromatic nitrogens is 2. The molecule has 0 saturated carbocycles. The zero-order chi connectivity index (χ0) is 18.8. The summed E-state index contributed by atoms with van der Waals surface area (Å²) in [6.07, 6.45) is 3.18. The monoisotopic (exact) mass is 370 g/mol. The molecule has 3 rings (SSSR count). The highest BCUT2D eigenvalue weighted by Gasteiger charge is 2.18. The summed E-state index contributed by atoms with van der Waals surface area (Å²) >= 11 is 0. The Morgan fingerprint density at radius 2 is 1.88 bits per heavy atom. The van der Waals surface area contributed by atoms with E-state index < -0.39 is 21.9 Å². The average molecular weight is 370 g/mol. The molecule has 0 spiro atoms. The van der Waals surface area contributed by atoms with Crippen LogP contribution >= 0.6 is 0 Å². The van der Waals surface area contributed by atoms with Gasteiger partial charge in [0.05, 0.1) is 19.2 Å². The van der Waals surface area contributed by atoms with Crippen molar-refractivity contribution in [1.82, 2.24) is 9.55 Å². The molecule has 0 aliphatic carbocycles. The van der Waals surface area contributed by atoms with Crippen LogP contribution in [0.15, 0.2) is 47.6 Å². The lowest BCUT2D eigenvalue weighted by atomic mass is 10.2. The predicted octanol–water partition coefficient (Wildman–Crippen LogP) is 2.77. The highest BCUT2D eigenvalue weighted by Crippen LogP contribution is 2.21. The Morgan fingerprint density at radius 3 is 2.54 bits per heavy atom. The van der Waals surface area contributed by atoms with Gasteiger partial charge in [-0.15, -0.1) is 0 Å². The number of fused-ring (bicyclic) bond motifs is 1. The molecule has 1 unspecified atom stereocenters. The maximum atomic E-state index is 12.5. The van der Waals surface area contributed by atoms with E-state index in [-0.39, 0.29) is 6.54 Å². The maximum absolute atomic E-state index is 12.5. The number of carbonyl (C=O) groups is 2. The molecule has 0 amide bonds. The first-order chi connectivity index (χ1) is 12.4. The SMILES string of the molecule is COC(=O)c1cnc2c(c1)c(C)cn2CC(=O)S(=O)c1ccc(C)cc1. The van der Waals surface area contributed by atoms with Crippen molar-refractivity contribution in [3.05, 3.63) is 59.4 Å². The predicted molar refractivity (Wildman–Crippen MR) is 98.4 cm³/mol. The van der Waals surface area contributed by atoms with Crippen molar-refractivity contribution in [1.29, 1.82) is 0 Å². The van der Waals surface area contributed by atoms with Gasteiger partial charge in [0.15, 0.2) is 0 Å². The molecule has 1 atom stereocenters. The van der Waals surface area contributed by atoms with Gasteiger partial charge in [-0.2, -0.15) is 0 Å². The summed E-state index contributed by atoms with van der Waals surface area (Å²) in [4.78, 5) is 28.9. The standard InChI is InChI=1S/C19H18N2O4S/c1-12-4-6-15(7-5-12)26(24)17(22)11-21-10-13(2)16-8-14(19(23)25-3)9-20-18(16)21/h4-10H,11H2,1-3H3. The van der Waals surface area contributed by atoms with Gasteiger partial charge in [0.2, 0.25) is 5.12 Å². The lowest BCUT2D eigenvalue weighted by molar-refractivity contribution is -0.111. The highest BCUT2D eigenvalue weighted by atomic mass is 32.2. The number of rotatable bonds is 4. The summed E-state index contributed by atoms with van der Waals surface area (Å²) in [7, 11) is -0.436. The summed E-state index contributed by atoms with van der Waals surface area (Å²) in [6, 6.07) is 8.73. The Hall–Kier alpha value is -2.80. The van der Waals surface area contributed by atoms with E-state index in [1.165, 1.54) is 13.3 Å². The number of pyridine rings is 1. The smallest absolute Gasteiger partial charge is 0.339 e. The zero-order valence-electron chi connectivity index (χ0n) is 14.7. The number of hydrogen-bond donors (Lipinski definition) is 0. The van der Waals surface area contributed by atoms with E-state index in [9.17, 15) is 13.8 Å². The minimum atomic E-state index is -1.75. The van der Waals surface area contributed by atoms with Crippen molar-refractivity contribution in [2.75, 3.05) is 7.11 Å². The van der Waals surface area contributed by atoms with Crippen LogP contribution in [0.2, 0.25) is 0 Å². The van der Waals surface area contributed by atoms with Gasteiger partial charge < -0.3 is 9.30 Å². The van der Waals surface area contributed by atoms with E-state index in [0.29, 0.717) is 16.1 Å². The van der Waals surface area contributed by atoms with E-state index in [1.807, 2.05) is 26.0 Å². The maximum Gasteiger partial charge on any atom is 0.339 e. The first-order valence-corrected chi connectivity index (χ1v) is 9.10. The molecule has 0 aliphatic heterocycles. The second kappa shape index (κ2) is 7.21. The third-order valence-corrected chi connectivity index (χ3v) is 5.32. The Bertz CT molecular complexity index is 1020. The van der Waals surface area contributed by atoms with Gasteiger partial charge in [-0.3, -0.25) is 4.79 Å². The number of nitrogens with zero attached hydrogens (tertiary/aromatic N) is 2. The fourth-order valence-corrected chi connectivity index (χ4v) is 3.58. The van der Waals surface area contributed by atoms with Gasteiger partial charge in [0.25, 0.3) is 0 Å². The van der Waals surface area contributed by atoms with Crippen LogP contribution < -0.4 is 0 Å². The molecule has 0 aliphatic rings. The Balaban J connectivity index is 1.88. The zero-order valence-corrected chi connectivity index (χ0v) is 15.5. The number of aryl methyl sites for hydroxylation is 2. The normalized spacial score (nSPS) is 12.1. The van der Waals surface area contributed by atoms with Gasteiger partial charge in [-0.1, -0.05) is 17.7 Å². The molecular weight excluding hydrogens is 352 g/mol. The summed E-state index contributed by atoms with van der Waals surface area (Å²) in [5, 5.41) is 0.339. The summed E-state index contributed by atoms with van der Waals surface area (Å²) in [5.74, 6) is -0.469. The summed E-state index contributed by atoms with van der Waals surface area (Å²) < 4.78 is 18.8. The molecule has 0 saturated heterocycles. The molecule has 1 aromatic carbocycles. The number of ether oxygens (including phenoxy) is 1. The van der Waals surface area contributed by atoms with Crippen LogP contribution in [-0.2, 0) is 26.9 Å². The summed E-state index contributed by atoms with van der Waals surface area (Å²) in [5.41, 5.74) is 2.81. The number of carbonyl (C=O) groups excluding carboxylic acids is 2. The Labute approximate surface area is 153 Å². The van der Waals surface area contributed by atoms with E-state index >= 15 is 0 Å². The molecule has 3 aromatic rings. The number of benzene rings is 1. The second-order valence-electron chi connectivity index (χ2n) is 5.98. The average Bonchev–Trinajstić information content (AvgIpc) is 2.96. The van der Waals surface area contributed by atoms with Crippen LogP contribution in [0.25, 0.3) is 11.0 Å². The fraction of sp³-hybridized carbons (Fsp3) is 0.211. The molecule has 6 nitrogen and oxygen atoms in total.